The molecule has 0 fully saturated rings. The normalized spacial score (nSPS) is 16.9. The molecule has 0 aliphatic carbocycles. The van der Waals surface area contributed by atoms with Crippen molar-refractivity contribution < 1.29 is 4.79 Å². The highest BCUT2D eigenvalue weighted by Crippen LogP contribution is 2.33. The van der Waals surface area contributed by atoms with Crippen LogP contribution in [-0.2, 0) is 17.9 Å². The number of thiophene rings is 1. The summed E-state index contributed by atoms with van der Waals surface area (Å²) in [5.74, 6) is 0.258. The van der Waals surface area contributed by atoms with Crippen molar-refractivity contribution in [1.29, 1.82) is 0 Å². The Labute approximate surface area is 162 Å². The van der Waals surface area contributed by atoms with E-state index in [1.165, 1.54) is 33.6 Å². The summed E-state index contributed by atoms with van der Waals surface area (Å²) in [6, 6.07) is 6.10. The predicted octanol–water partition coefficient (Wildman–Crippen LogP) is 3.12. The molecular formula is C20H24N4O2S. The number of aryl methyl sites for hydroxylation is 2. The molecule has 1 amide bonds. The maximum absolute atomic E-state index is 13.1. The SMILES string of the molecule is Cc1cc2c(=O)n(CC(=O)N3CCn4c(C)ccc4C3C(C)C)cnc2s1. The van der Waals surface area contributed by atoms with Gasteiger partial charge >= 0.3 is 0 Å². The Morgan fingerprint density at radius 3 is 2.81 bits per heavy atom. The summed E-state index contributed by atoms with van der Waals surface area (Å²) in [6.07, 6.45) is 1.50. The van der Waals surface area contributed by atoms with Gasteiger partial charge in [-0.05, 0) is 38.0 Å². The van der Waals surface area contributed by atoms with Gasteiger partial charge in [0, 0.05) is 29.4 Å². The minimum Gasteiger partial charge on any atom is -0.345 e. The molecule has 27 heavy (non-hydrogen) atoms. The standard InChI is InChI=1S/C20H24N4O2S/c1-12(2)18-16-6-5-13(3)23(16)7-8-24(18)17(25)10-22-11-21-19-15(20(22)26)9-14(4)27-19/h5-6,9,11-12,18H,7-8,10H2,1-4H3. The second-order valence-corrected chi connectivity index (χ2v) is 8.82. The third-order valence-electron chi connectivity index (χ3n) is 5.33. The molecule has 0 aromatic carbocycles. The molecule has 0 spiro atoms. The number of hydrogen-bond donors (Lipinski definition) is 0. The van der Waals surface area contributed by atoms with E-state index in [0.717, 1.165) is 16.3 Å². The van der Waals surface area contributed by atoms with Gasteiger partial charge in [0.25, 0.3) is 5.56 Å². The summed E-state index contributed by atoms with van der Waals surface area (Å²) in [7, 11) is 0. The minimum absolute atomic E-state index is 0.0238. The van der Waals surface area contributed by atoms with E-state index in [4.69, 9.17) is 0 Å². The van der Waals surface area contributed by atoms with Crippen molar-refractivity contribution in [1.82, 2.24) is 19.0 Å². The smallest absolute Gasteiger partial charge is 0.262 e. The van der Waals surface area contributed by atoms with E-state index in [1.807, 2.05) is 17.9 Å². The lowest BCUT2D eigenvalue weighted by atomic mass is 9.97. The highest BCUT2D eigenvalue weighted by Gasteiger charge is 2.33. The van der Waals surface area contributed by atoms with Gasteiger partial charge in [0.05, 0.1) is 17.8 Å². The first-order chi connectivity index (χ1) is 12.9. The third kappa shape index (κ3) is 3.00. The molecule has 0 saturated heterocycles. The summed E-state index contributed by atoms with van der Waals surface area (Å²) < 4.78 is 3.73. The van der Waals surface area contributed by atoms with Gasteiger partial charge in [-0.2, -0.15) is 0 Å². The Bertz CT molecular complexity index is 1080. The minimum atomic E-state index is -0.143. The summed E-state index contributed by atoms with van der Waals surface area (Å²) in [4.78, 5) is 33.9. The zero-order chi connectivity index (χ0) is 19.3. The molecule has 3 aromatic rings. The van der Waals surface area contributed by atoms with Crippen molar-refractivity contribution in [2.24, 2.45) is 5.92 Å². The maximum atomic E-state index is 13.1. The molecule has 7 heteroatoms. The van der Waals surface area contributed by atoms with E-state index in [9.17, 15) is 9.59 Å². The van der Waals surface area contributed by atoms with Crippen LogP contribution >= 0.6 is 11.3 Å². The van der Waals surface area contributed by atoms with Crippen LogP contribution < -0.4 is 5.56 Å². The van der Waals surface area contributed by atoms with E-state index < -0.39 is 0 Å². The summed E-state index contributed by atoms with van der Waals surface area (Å²) in [6.45, 7) is 9.81. The van der Waals surface area contributed by atoms with Crippen molar-refractivity contribution in [3.8, 4) is 0 Å². The van der Waals surface area contributed by atoms with Gasteiger partial charge in [-0.1, -0.05) is 13.8 Å². The number of fused-ring (bicyclic) bond motifs is 2. The molecule has 1 aliphatic heterocycles. The quantitative estimate of drug-likeness (QED) is 0.697. The molecule has 4 rings (SSSR count). The van der Waals surface area contributed by atoms with E-state index >= 15 is 0 Å². The topological polar surface area (TPSA) is 60.1 Å². The summed E-state index contributed by atoms with van der Waals surface area (Å²) >= 11 is 1.50. The lowest BCUT2D eigenvalue weighted by molar-refractivity contribution is -0.136. The molecule has 0 bridgehead atoms. The molecular weight excluding hydrogens is 360 g/mol. The van der Waals surface area contributed by atoms with E-state index in [-0.39, 0.29) is 24.1 Å². The van der Waals surface area contributed by atoms with Crippen LogP contribution in [-0.4, -0.2) is 31.5 Å². The lowest BCUT2D eigenvalue weighted by Gasteiger charge is -2.39. The number of amides is 1. The first kappa shape index (κ1) is 18.0. The van der Waals surface area contributed by atoms with Crippen LogP contribution in [0.25, 0.3) is 10.2 Å². The number of hydrogen-bond acceptors (Lipinski definition) is 4. The van der Waals surface area contributed by atoms with Crippen LogP contribution in [0.3, 0.4) is 0 Å². The van der Waals surface area contributed by atoms with Crippen LogP contribution in [0.4, 0.5) is 0 Å². The van der Waals surface area contributed by atoms with E-state index in [1.54, 1.807) is 0 Å². The van der Waals surface area contributed by atoms with Crippen molar-refractivity contribution >= 4 is 27.5 Å². The van der Waals surface area contributed by atoms with Gasteiger partial charge in [-0.25, -0.2) is 4.98 Å². The van der Waals surface area contributed by atoms with Crippen LogP contribution in [0.1, 0.15) is 36.2 Å². The second kappa shape index (κ2) is 6.64. The predicted molar refractivity (Wildman–Crippen MR) is 107 cm³/mol. The Hall–Kier alpha value is -2.41. The highest BCUT2D eigenvalue weighted by atomic mass is 32.1. The van der Waals surface area contributed by atoms with Crippen LogP contribution in [0.5, 0.6) is 0 Å². The summed E-state index contributed by atoms with van der Waals surface area (Å²) in [5.41, 5.74) is 2.26. The van der Waals surface area contributed by atoms with Gasteiger partial charge in [0.1, 0.15) is 11.4 Å². The number of aromatic nitrogens is 3. The molecule has 1 atom stereocenters. The summed E-state index contributed by atoms with van der Waals surface area (Å²) in [5, 5.41) is 0.594. The largest absolute Gasteiger partial charge is 0.345 e. The van der Waals surface area contributed by atoms with Gasteiger partial charge in [0.2, 0.25) is 5.91 Å². The van der Waals surface area contributed by atoms with Crippen molar-refractivity contribution in [3.05, 3.63) is 51.1 Å². The fraction of sp³-hybridized carbons (Fsp3) is 0.450. The Balaban J connectivity index is 1.65. The third-order valence-corrected chi connectivity index (χ3v) is 6.29. The number of carbonyl (C=O) groups excluding carboxylic acids is 1. The van der Waals surface area contributed by atoms with Crippen LogP contribution in [0, 0.1) is 19.8 Å². The zero-order valence-corrected chi connectivity index (χ0v) is 16.9. The second-order valence-electron chi connectivity index (χ2n) is 7.58. The highest BCUT2D eigenvalue weighted by molar-refractivity contribution is 7.18. The molecule has 3 aromatic heterocycles. The average Bonchev–Trinajstić information content (AvgIpc) is 3.19. The van der Waals surface area contributed by atoms with E-state index in [0.29, 0.717) is 17.8 Å². The molecule has 0 N–H and O–H groups in total. The molecule has 6 nitrogen and oxygen atoms in total. The van der Waals surface area contributed by atoms with Crippen molar-refractivity contribution in [2.45, 2.75) is 46.8 Å². The lowest BCUT2D eigenvalue weighted by Crippen LogP contribution is -2.46. The zero-order valence-electron chi connectivity index (χ0n) is 16.1. The van der Waals surface area contributed by atoms with Crippen molar-refractivity contribution in [2.75, 3.05) is 6.54 Å². The molecule has 1 unspecified atom stereocenters. The van der Waals surface area contributed by atoms with Crippen LogP contribution in [0.15, 0.2) is 29.3 Å². The monoisotopic (exact) mass is 384 g/mol. The average molecular weight is 385 g/mol. The van der Waals surface area contributed by atoms with Gasteiger partial charge in [0.15, 0.2) is 0 Å². The van der Waals surface area contributed by atoms with E-state index in [2.05, 4.69) is 42.5 Å². The molecule has 0 radical (unpaired) electrons. The fourth-order valence-corrected chi connectivity index (χ4v) is 4.91. The molecule has 0 saturated carbocycles. The maximum Gasteiger partial charge on any atom is 0.262 e. The number of rotatable bonds is 3. The van der Waals surface area contributed by atoms with Gasteiger partial charge in [-0.15, -0.1) is 11.3 Å². The van der Waals surface area contributed by atoms with Gasteiger partial charge in [-0.3, -0.25) is 14.2 Å². The first-order valence-electron chi connectivity index (χ1n) is 9.28. The van der Waals surface area contributed by atoms with Crippen LogP contribution in [0.2, 0.25) is 0 Å². The number of nitrogens with zero attached hydrogens (tertiary/aromatic N) is 4. The molecule has 1 aliphatic rings. The first-order valence-corrected chi connectivity index (χ1v) is 10.1. The number of carbonyl (C=O) groups is 1. The Kier molecular flexibility index (Phi) is 4.42. The van der Waals surface area contributed by atoms with Gasteiger partial charge < -0.3 is 9.47 Å². The Morgan fingerprint density at radius 2 is 2.07 bits per heavy atom. The van der Waals surface area contributed by atoms with Crippen molar-refractivity contribution in [3.63, 3.8) is 0 Å². The Morgan fingerprint density at radius 1 is 1.30 bits per heavy atom. The fourth-order valence-electron chi connectivity index (χ4n) is 4.07. The molecule has 142 valence electrons. The molecule has 4 heterocycles.